The van der Waals surface area contributed by atoms with Crippen LogP contribution in [0.4, 0.5) is 0 Å². The fourth-order valence-electron chi connectivity index (χ4n) is 0.881. The average Bonchev–Trinajstić information content (AvgIpc) is 2.00. The molecule has 0 unspecified atom stereocenters. The van der Waals surface area contributed by atoms with Gasteiger partial charge in [-0.2, -0.15) is 12.6 Å². The number of likely N-dealkylation sites (N-methyl/N-ethyl adjacent to an activating group) is 2. The first-order valence-electron chi connectivity index (χ1n) is 4.17. The van der Waals surface area contributed by atoms with Crippen molar-refractivity contribution in [3.05, 3.63) is 12.2 Å². The van der Waals surface area contributed by atoms with E-state index in [9.17, 15) is 0 Å². The highest BCUT2D eigenvalue weighted by Gasteiger charge is 1.99. The molecule has 12 heavy (non-hydrogen) atoms. The Hall–Kier alpha value is 0.01000. The van der Waals surface area contributed by atoms with Gasteiger partial charge in [-0.1, -0.05) is 12.2 Å². The lowest BCUT2D eigenvalue weighted by Crippen LogP contribution is -2.30. The summed E-state index contributed by atoms with van der Waals surface area (Å²) >= 11 is 4.16. The van der Waals surface area contributed by atoms with E-state index in [1.807, 2.05) is 0 Å². The van der Waals surface area contributed by atoms with Crippen LogP contribution in [0.1, 0.15) is 0 Å². The predicted molar refractivity (Wildman–Crippen MR) is 59.0 cm³/mol. The van der Waals surface area contributed by atoms with Crippen molar-refractivity contribution in [1.29, 1.82) is 0 Å². The number of thiol groups is 1. The molecule has 0 bridgehead atoms. The molecule has 0 aromatic carbocycles. The summed E-state index contributed by atoms with van der Waals surface area (Å²) in [7, 11) is 6.28. The van der Waals surface area contributed by atoms with Gasteiger partial charge >= 0.3 is 0 Å². The molecule has 0 aromatic rings. The molecular formula is C9H20N2S. The van der Waals surface area contributed by atoms with Gasteiger partial charge < -0.3 is 9.80 Å². The highest BCUT2D eigenvalue weighted by atomic mass is 32.1. The lowest BCUT2D eigenvalue weighted by molar-refractivity contribution is 0.298. The van der Waals surface area contributed by atoms with E-state index in [4.69, 9.17) is 0 Å². The maximum Gasteiger partial charge on any atom is 0.0195 e. The van der Waals surface area contributed by atoms with Crippen LogP contribution in [0, 0.1) is 0 Å². The minimum Gasteiger partial charge on any atom is -0.308 e. The number of nitrogens with zero attached hydrogens (tertiary/aromatic N) is 2. The largest absolute Gasteiger partial charge is 0.308 e. The Morgan fingerprint density at radius 1 is 1.25 bits per heavy atom. The zero-order valence-electron chi connectivity index (χ0n) is 8.38. The summed E-state index contributed by atoms with van der Waals surface area (Å²) in [4.78, 5) is 4.44. The molecule has 0 fully saturated rings. The quantitative estimate of drug-likeness (QED) is 0.490. The van der Waals surface area contributed by atoms with Crippen molar-refractivity contribution < 1.29 is 0 Å². The third-order valence-corrected chi connectivity index (χ3v) is 2.09. The Labute approximate surface area is 81.6 Å². The van der Waals surface area contributed by atoms with Crippen molar-refractivity contribution in [2.24, 2.45) is 0 Å². The maximum absolute atomic E-state index is 4.16. The number of hydrogen-bond donors (Lipinski definition) is 1. The van der Waals surface area contributed by atoms with Gasteiger partial charge in [0.2, 0.25) is 0 Å². The Balaban J connectivity index is 3.45. The van der Waals surface area contributed by atoms with Gasteiger partial charge in [0.05, 0.1) is 0 Å². The van der Waals surface area contributed by atoms with Gasteiger partial charge in [0.25, 0.3) is 0 Å². The minimum absolute atomic E-state index is 0.784. The SMILES string of the molecule is C=C(CS)CN(C)CCN(C)C. The molecule has 0 N–H and O–H groups in total. The van der Waals surface area contributed by atoms with Crippen LogP contribution < -0.4 is 0 Å². The first kappa shape index (κ1) is 12.0. The molecule has 0 heterocycles. The minimum atomic E-state index is 0.784. The Kier molecular flexibility index (Phi) is 6.52. The van der Waals surface area contributed by atoms with Crippen molar-refractivity contribution in [3.8, 4) is 0 Å². The van der Waals surface area contributed by atoms with Crippen molar-refractivity contribution in [2.45, 2.75) is 0 Å². The number of rotatable bonds is 6. The number of hydrogen-bond acceptors (Lipinski definition) is 3. The molecule has 0 aliphatic rings. The molecule has 0 radical (unpaired) electrons. The fraction of sp³-hybridized carbons (Fsp3) is 0.778. The van der Waals surface area contributed by atoms with E-state index in [0.29, 0.717) is 0 Å². The lowest BCUT2D eigenvalue weighted by atomic mass is 10.3. The lowest BCUT2D eigenvalue weighted by Gasteiger charge is -2.19. The van der Waals surface area contributed by atoms with Crippen LogP contribution in [0.3, 0.4) is 0 Å². The highest BCUT2D eigenvalue weighted by Crippen LogP contribution is 1.96. The molecule has 0 rings (SSSR count). The molecule has 0 amide bonds. The van der Waals surface area contributed by atoms with Gasteiger partial charge in [-0.15, -0.1) is 0 Å². The van der Waals surface area contributed by atoms with E-state index >= 15 is 0 Å². The van der Waals surface area contributed by atoms with Crippen LogP contribution in [0.25, 0.3) is 0 Å². The molecule has 2 nitrogen and oxygen atoms in total. The Morgan fingerprint density at radius 3 is 2.25 bits per heavy atom. The molecule has 3 heteroatoms. The summed E-state index contributed by atoms with van der Waals surface area (Å²) in [5.41, 5.74) is 1.18. The molecule has 0 saturated heterocycles. The van der Waals surface area contributed by atoms with Crippen LogP contribution in [0.15, 0.2) is 12.2 Å². The Bertz CT molecular complexity index is 134. The van der Waals surface area contributed by atoms with Gasteiger partial charge in [0, 0.05) is 25.4 Å². The van der Waals surface area contributed by atoms with Gasteiger partial charge in [-0.05, 0) is 21.1 Å². The van der Waals surface area contributed by atoms with Crippen LogP contribution in [0.5, 0.6) is 0 Å². The molecule has 0 aliphatic carbocycles. The van der Waals surface area contributed by atoms with E-state index in [-0.39, 0.29) is 0 Å². The first-order chi connectivity index (χ1) is 5.56. The smallest absolute Gasteiger partial charge is 0.0195 e. The normalized spacial score (nSPS) is 11.2. The van der Waals surface area contributed by atoms with Crippen LogP contribution in [0.2, 0.25) is 0 Å². The summed E-state index contributed by atoms with van der Waals surface area (Å²) in [5, 5.41) is 0. The predicted octanol–water partition coefficient (Wildman–Crippen LogP) is 0.966. The van der Waals surface area contributed by atoms with Gasteiger partial charge in [-0.25, -0.2) is 0 Å². The average molecular weight is 188 g/mol. The second-order valence-corrected chi connectivity index (χ2v) is 3.77. The van der Waals surface area contributed by atoms with E-state index in [1.54, 1.807) is 0 Å². The van der Waals surface area contributed by atoms with Crippen LogP contribution in [-0.4, -0.2) is 56.3 Å². The zero-order valence-corrected chi connectivity index (χ0v) is 9.27. The molecule has 0 spiro atoms. The van der Waals surface area contributed by atoms with Gasteiger partial charge in [0.15, 0.2) is 0 Å². The fourth-order valence-corrected chi connectivity index (χ4v) is 0.981. The van der Waals surface area contributed by atoms with E-state index in [0.717, 1.165) is 25.4 Å². The molecule has 0 atom stereocenters. The van der Waals surface area contributed by atoms with Crippen molar-refractivity contribution in [2.75, 3.05) is 46.5 Å². The standard InChI is InChI=1S/C9H20N2S/c1-9(8-12)7-11(4)6-5-10(2)3/h12H,1,5-8H2,2-4H3. The summed E-state index contributed by atoms with van der Waals surface area (Å²) in [6.45, 7) is 7.04. The monoisotopic (exact) mass is 188 g/mol. The van der Waals surface area contributed by atoms with Crippen molar-refractivity contribution in [3.63, 3.8) is 0 Å². The molecule has 0 saturated carbocycles. The van der Waals surface area contributed by atoms with E-state index in [2.05, 4.69) is 50.2 Å². The Morgan fingerprint density at radius 2 is 1.83 bits per heavy atom. The van der Waals surface area contributed by atoms with Crippen LogP contribution >= 0.6 is 12.6 Å². The van der Waals surface area contributed by atoms with Crippen molar-refractivity contribution >= 4 is 12.6 Å². The highest BCUT2D eigenvalue weighted by molar-refractivity contribution is 7.80. The molecular weight excluding hydrogens is 168 g/mol. The third kappa shape index (κ3) is 6.70. The maximum atomic E-state index is 4.16. The summed E-state index contributed by atoms with van der Waals surface area (Å²) in [6, 6.07) is 0. The van der Waals surface area contributed by atoms with Crippen molar-refractivity contribution in [1.82, 2.24) is 9.80 Å². The topological polar surface area (TPSA) is 6.48 Å². The summed E-state index contributed by atoms with van der Waals surface area (Å²) in [5.74, 6) is 0.784. The first-order valence-corrected chi connectivity index (χ1v) is 4.80. The molecule has 0 aliphatic heterocycles. The van der Waals surface area contributed by atoms with Gasteiger partial charge in [0.1, 0.15) is 0 Å². The van der Waals surface area contributed by atoms with E-state index in [1.165, 1.54) is 5.57 Å². The summed E-state index contributed by atoms with van der Waals surface area (Å²) in [6.07, 6.45) is 0. The summed E-state index contributed by atoms with van der Waals surface area (Å²) < 4.78 is 0. The second kappa shape index (κ2) is 6.52. The molecule has 72 valence electrons. The van der Waals surface area contributed by atoms with E-state index < -0.39 is 0 Å². The van der Waals surface area contributed by atoms with Crippen LogP contribution in [-0.2, 0) is 0 Å². The third-order valence-electron chi connectivity index (χ3n) is 1.65. The van der Waals surface area contributed by atoms with Gasteiger partial charge in [-0.3, -0.25) is 0 Å². The second-order valence-electron chi connectivity index (χ2n) is 3.45. The zero-order chi connectivity index (χ0) is 9.56. The molecule has 0 aromatic heterocycles.